The molecule has 1 fully saturated rings. The average Bonchev–Trinajstić information content (AvgIpc) is 3.35. The van der Waals surface area contributed by atoms with Gasteiger partial charge in [-0.05, 0) is 106 Å². The van der Waals surface area contributed by atoms with Crippen molar-refractivity contribution >= 4 is 63.0 Å². The average molecular weight is 669 g/mol. The number of anilines is 1. The fourth-order valence-corrected chi connectivity index (χ4v) is 5.71. The van der Waals surface area contributed by atoms with Crippen LogP contribution < -0.4 is 15.1 Å². The van der Waals surface area contributed by atoms with Gasteiger partial charge in [-0.25, -0.2) is 9.82 Å². The Kier molecular flexibility index (Phi) is 8.18. The predicted octanol–water partition coefficient (Wildman–Crippen LogP) is 5.98. The largest absolute Gasteiger partial charge is 0.487 e. The van der Waals surface area contributed by atoms with Crippen LogP contribution in [0, 0.1) is 13.0 Å². The highest BCUT2D eigenvalue weighted by Crippen LogP contribution is 2.29. The number of carbonyl (C=O) groups excluding carboxylic acids is 1. The summed E-state index contributed by atoms with van der Waals surface area (Å²) < 4.78 is 21.5. The van der Waals surface area contributed by atoms with Gasteiger partial charge in [-0.3, -0.25) is 4.79 Å². The van der Waals surface area contributed by atoms with Crippen LogP contribution in [0.4, 0.5) is 10.1 Å². The number of hydrogen-bond donors (Lipinski definition) is 1. The van der Waals surface area contributed by atoms with E-state index in [0.717, 1.165) is 31.5 Å². The summed E-state index contributed by atoms with van der Waals surface area (Å²) in [6.07, 6.45) is 4.03. The van der Waals surface area contributed by atoms with Crippen molar-refractivity contribution in [3.05, 3.63) is 90.3 Å². The summed E-state index contributed by atoms with van der Waals surface area (Å²) >= 11 is 4.36. The van der Waals surface area contributed by atoms with Gasteiger partial charge in [-0.15, -0.1) is 0 Å². The fraction of sp³-hybridized carbons (Fsp3) is 0.200. The molecule has 5 nitrogen and oxygen atoms in total. The normalized spacial score (nSPS) is 13.5. The van der Waals surface area contributed by atoms with Gasteiger partial charge in [0.25, 0.3) is 5.91 Å². The summed E-state index contributed by atoms with van der Waals surface area (Å²) in [5, 5.41) is 4.10. The predicted molar refractivity (Wildman–Crippen MR) is 146 cm³/mol. The molecule has 0 aromatic heterocycles. The standard InChI is InChI=1S/C25H22FI2N3O2/c26-21-6-2-1-5-19(21)16-33-24-22(27)13-17(14-23(24)28)15-29-30-25(32)18-7-9-20(10-8-18)31-11-3-4-12-31/h1-2,5-10,13-15H,3-4,11-12,16H2,(H,30,32)/b29-15-. The molecule has 1 heterocycles. The van der Waals surface area contributed by atoms with Gasteiger partial charge < -0.3 is 9.64 Å². The van der Waals surface area contributed by atoms with E-state index < -0.39 is 0 Å². The number of ether oxygens (including phenoxy) is 1. The van der Waals surface area contributed by atoms with Crippen molar-refractivity contribution in [1.82, 2.24) is 5.43 Å². The highest BCUT2D eigenvalue weighted by Gasteiger charge is 2.13. The van der Waals surface area contributed by atoms with Crippen molar-refractivity contribution in [2.45, 2.75) is 19.4 Å². The molecule has 4 rings (SSSR count). The van der Waals surface area contributed by atoms with Crippen molar-refractivity contribution in [3.8, 4) is 5.75 Å². The lowest BCUT2D eigenvalue weighted by atomic mass is 10.2. The van der Waals surface area contributed by atoms with Crippen molar-refractivity contribution in [3.63, 3.8) is 0 Å². The molecule has 170 valence electrons. The maximum Gasteiger partial charge on any atom is 0.271 e. The minimum atomic E-state index is -0.285. The molecule has 1 amide bonds. The van der Waals surface area contributed by atoms with E-state index in [4.69, 9.17) is 4.74 Å². The number of rotatable bonds is 7. The lowest BCUT2D eigenvalue weighted by Gasteiger charge is -2.17. The zero-order valence-corrected chi connectivity index (χ0v) is 22.0. The quantitative estimate of drug-likeness (QED) is 0.192. The molecule has 33 heavy (non-hydrogen) atoms. The van der Waals surface area contributed by atoms with Crippen LogP contribution in [0.1, 0.15) is 34.3 Å². The first kappa shape index (κ1) is 23.9. The third-order valence-electron chi connectivity index (χ3n) is 5.33. The Morgan fingerprint density at radius 3 is 2.39 bits per heavy atom. The van der Waals surface area contributed by atoms with Crippen LogP contribution in [0.2, 0.25) is 0 Å². The number of halogens is 3. The van der Waals surface area contributed by atoms with Crippen molar-refractivity contribution < 1.29 is 13.9 Å². The Bertz CT molecular complexity index is 1140. The number of hydrazone groups is 1. The molecule has 1 aliphatic rings. The summed E-state index contributed by atoms with van der Waals surface area (Å²) in [4.78, 5) is 14.7. The lowest BCUT2D eigenvalue weighted by Crippen LogP contribution is -2.19. The molecule has 0 atom stereocenters. The number of benzene rings is 3. The highest BCUT2D eigenvalue weighted by molar-refractivity contribution is 14.1. The first-order valence-corrected chi connectivity index (χ1v) is 12.7. The van der Waals surface area contributed by atoms with Gasteiger partial charge in [0.2, 0.25) is 0 Å². The molecule has 0 bridgehead atoms. The van der Waals surface area contributed by atoms with Crippen LogP contribution in [-0.4, -0.2) is 25.2 Å². The minimum absolute atomic E-state index is 0.152. The molecule has 1 N–H and O–H groups in total. The van der Waals surface area contributed by atoms with Crippen LogP contribution in [0.5, 0.6) is 5.75 Å². The summed E-state index contributed by atoms with van der Waals surface area (Å²) in [6.45, 7) is 2.29. The molecular formula is C25H22FI2N3O2. The number of nitrogens with one attached hydrogen (secondary N) is 1. The Labute approximate surface area is 219 Å². The van der Waals surface area contributed by atoms with Gasteiger partial charge in [0.15, 0.2) is 0 Å². The number of amides is 1. The van der Waals surface area contributed by atoms with Crippen LogP contribution in [0.25, 0.3) is 0 Å². The van der Waals surface area contributed by atoms with E-state index in [2.05, 4.69) is 60.6 Å². The Morgan fingerprint density at radius 2 is 1.73 bits per heavy atom. The van der Waals surface area contributed by atoms with Crippen LogP contribution in [-0.2, 0) is 6.61 Å². The summed E-state index contributed by atoms with van der Waals surface area (Å²) in [5.74, 6) is 0.153. The first-order chi connectivity index (χ1) is 16.0. The molecule has 3 aromatic rings. The van der Waals surface area contributed by atoms with E-state index in [0.29, 0.717) is 16.9 Å². The summed E-state index contributed by atoms with van der Waals surface area (Å²) in [5.41, 5.74) is 5.63. The molecule has 0 saturated carbocycles. The van der Waals surface area contributed by atoms with Crippen LogP contribution >= 0.6 is 45.2 Å². The zero-order valence-electron chi connectivity index (χ0n) is 17.7. The van der Waals surface area contributed by atoms with E-state index in [9.17, 15) is 9.18 Å². The Balaban J connectivity index is 1.36. The number of hydrogen-bond acceptors (Lipinski definition) is 4. The third-order valence-corrected chi connectivity index (χ3v) is 6.93. The molecule has 8 heteroatoms. The van der Waals surface area contributed by atoms with Crippen molar-refractivity contribution in [1.29, 1.82) is 0 Å². The summed E-state index contributed by atoms with van der Waals surface area (Å²) in [6, 6.07) is 18.0. The topological polar surface area (TPSA) is 53.9 Å². The van der Waals surface area contributed by atoms with E-state index in [1.165, 1.54) is 18.9 Å². The minimum Gasteiger partial charge on any atom is -0.487 e. The number of nitrogens with zero attached hydrogens (tertiary/aromatic N) is 2. The maximum atomic E-state index is 13.8. The second-order valence-corrected chi connectivity index (χ2v) is 9.96. The zero-order chi connectivity index (χ0) is 23.2. The van der Waals surface area contributed by atoms with Gasteiger partial charge >= 0.3 is 0 Å². The van der Waals surface area contributed by atoms with E-state index in [1.54, 1.807) is 24.4 Å². The van der Waals surface area contributed by atoms with E-state index in [-0.39, 0.29) is 18.3 Å². The van der Waals surface area contributed by atoms with E-state index >= 15 is 0 Å². The van der Waals surface area contributed by atoms with Gasteiger partial charge in [-0.2, -0.15) is 5.10 Å². The molecule has 3 aromatic carbocycles. The van der Waals surface area contributed by atoms with Crippen LogP contribution in [0.3, 0.4) is 0 Å². The molecule has 0 radical (unpaired) electrons. The smallest absolute Gasteiger partial charge is 0.271 e. The number of carbonyl (C=O) groups is 1. The third kappa shape index (κ3) is 6.23. The Hall–Kier alpha value is -2.21. The second kappa shape index (κ2) is 11.3. The monoisotopic (exact) mass is 669 g/mol. The molecule has 1 saturated heterocycles. The van der Waals surface area contributed by atoms with Gasteiger partial charge in [0.05, 0.1) is 13.4 Å². The second-order valence-electron chi connectivity index (χ2n) is 7.63. The van der Waals surface area contributed by atoms with Gasteiger partial charge in [0, 0.05) is 29.9 Å². The highest BCUT2D eigenvalue weighted by atomic mass is 127. The van der Waals surface area contributed by atoms with Gasteiger partial charge in [0.1, 0.15) is 18.2 Å². The van der Waals surface area contributed by atoms with E-state index in [1.807, 2.05) is 36.4 Å². The first-order valence-electron chi connectivity index (χ1n) is 10.5. The Morgan fingerprint density at radius 1 is 1.06 bits per heavy atom. The van der Waals surface area contributed by atoms with Gasteiger partial charge in [-0.1, -0.05) is 18.2 Å². The fourth-order valence-electron chi connectivity index (χ4n) is 3.59. The molecule has 0 aliphatic carbocycles. The molecular weight excluding hydrogens is 647 g/mol. The molecule has 0 spiro atoms. The SMILES string of the molecule is O=C(N/N=C\c1cc(I)c(OCc2ccccc2F)c(I)c1)c1ccc(N2CCCC2)cc1. The summed E-state index contributed by atoms with van der Waals surface area (Å²) in [7, 11) is 0. The van der Waals surface area contributed by atoms with Crippen molar-refractivity contribution in [2.24, 2.45) is 5.10 Å². The molecule has 0 unspecified atom stereocenters. The lowest BCUT2D eigenvalue weighted by molar-refractivity contribution is 0.0955. The van der Waals surface area contributed by atoms with Crippen molar-refractivity contribution in [2.75, 3.05) is 18.0 Å². The van der Waals surface area contributed by atoms with Crippen LogP contribution in [0.15, 0.2) is 65.8 Å². The maximum absolute atomic E-state index is 13.8. The molecule has 1 aliphatic heterocycles.